The van der Waals surface area contributed by atoms with E-state index in [1.807, 2.05) is 4.90 Å². The average molecular weight is 225 g/mol. The van der Waals surface area contributed by atoms with Crippen molar-refractivity contribution >= 4 is 6.03 Å². The van der Waals surface area contributed by atoms with E-state index in [2.05, 4.69) is 12.2 Å². The van der Waals surface area contributed by atoms with Crippen LogP contribution in [0.2, 0.25) is 0 Å². The molecule has 0 unspecified atom stereocenters. The van der Waals surface area contributed by atoms with Gasteiger partial charge in [0.25, 0.3) is 0 Å². The van der Waals surface area contributed by atoms with Crippen LogP contribution in [0.4, 0.5) is 4.79 Å². The normalized spacial score (nSPS) is 24.2. The summed E-state index contributed by atoms with van der Waals surface area (Å²) in [6.45, 7) is 3.58. The summed E-state index contributed by atoms with van der Waals surface area (Å²) in [6, 6.07) is 0.496. The van der Waals surface area contributed by atoms with Crippen LogP contribution >= 0.6 is 0 Å². The standard InChI is InChI=1S/C12H23N3O/c1-2-7-12(13)8-15(9-12)11(16)14-10-5-3-4-6-10/h10H,2-9,13H2,1H3,(H,14,16). The fraction of sp³-hybridized carbons (Fsp3) is 0.917. The van der Waals surface area contributed by atoms with E-state index >= 15 is 0 Å². The molecule has 3 N–H and O–H groups in total. The van der Waals surface area contributed by atoms with E-state index in [0.29, 0.717) is 6.04 Å². The molecular weight excluding hydrogens is 202 g/mol. The Morgan fingerprint density at radius 1 is 1.44 bits per heavy atom. The van der Waals surface area contributed by atoms with Crippen molar-refractivity contribution in [3.05, 3.63) is 0 Å². The molecule has 0 spiro atoms. The second-order valence-electron chi connectivity index (χ2n) is 5.40. The van der Waals surface area contributed by atoms with Gasteiger partial charge >= 0.3 is 6.03 Å². The van der Waals surface area contributed by atoms with E-state index in [0.717, 1.165) is 38.8 Å². The molecule has 0 aromatic rings. The van der Waals surface area contributed by atoms with Gasteiger partial charge in [0, 0.05) is 19.1 Å². The van der Waals surface area contributed by atoms with Crippen LogP contribution in [0.25, 0.3) is 0 Å². The van der Waals surface area contributed by atoms with Gasteiger partial charge in [-0.25, -0.2) is 4.79 Å². The molecule has 4 heteroatoms. The Labute approximate surface area is 97.6 Å². The zero-order valence-electron chi connectivity index (χ0n) is 10.2. The predicted molar refractivity (Wildman–Crippen MR) is 64.2 cm³/mol. The minimum Gasteiger partial charge on any atom is -0.335 e. The Balaban J connectivity index is 1.72. The van der Waals surface area contributed by atoms with Gasteiger partial charge in [0.05, 0.1) is 5.54 Å². The lowest BCUT2D eigenvalue weighted by Crippen LogP contribution is -2.70. The van der Waals surface area contributed by atoms with E-state index in [9.17, 15) is 4.79 Å². The zero-order chi connectivity index (χ0) is 11.6. The van der Waals surface area contributed by atoms with Gasteiger partial charge in [-0.1, -0.05) is 26.2 Å². The molecule has 1 aliphatic heterocycles. The quantitative estimate of drug-likeness (QED) is 0.764. The summed E-state index contributed by atoms with van der Waals surface area (Å²) in [6.07, 6.45) is 6.89. The van der Waals surface area contributed by atoms with Crippen molar-refractivity contribution in [2.24, 2.45) is 5.73 Å². The van der Waals surface area contributed by atoms with Crippen molar-refractivity contribution in [2.45, 2.75) is 57.0 Å². The van der Waals surface area contributed by atoms with Crippen LogP contribution in [0.1, 0.15) is 45.4 Å². The van der Waals surface area contributed by atoms with Crippen molar-refractivity contribution in [3.8, 4) is 0 Å². The van der Waals surface area contributed by atoms with Gasteiger partial charge in [-0.2, -0.15) is 0 Å². The van der Waals surface area contributed by atoms with Gasteiger partial charge in [0.1, 0.15) is 0 Å². The molecule has 1 saturated carbocycles. The molecule has 2 aliphatic rings. The van der Waals surface area contributed by atoms with Crippen LogP contribution in [-0.2, 0) is 0 Å². The molecule has 1 aliphatic carbocycles. The predicted octanol–water partition coefficient (Wildman–Crippen LogP) is 1.45. The lowest BCUT2D eigenvalue weighted by atomic mass is 9.87. The molecule has 0 bridgehead atoms. The van der Waals surface area contributed by atoms with Crippen molar-refractivity contribution < 1.29 is 4.79 Å². The summed E-state index contributed by atoms with van der Waals surface area (Å²) in [5, 5.41) is 3.09. The first kappa shape index (κ1) is 11.7. The molecule has 16 heavy (non-hydrogen) atoms. The number of carbonyl (C=O) groups excluding carboxylic acids is 1. The van der Waals surface area contributed by atoms with Crippen LogP contribution in [-0.4, -0.2) is 35.6 Å². The van der Waals surface area contributed by atoms with Crippen LogP contribution in [0.5, 0.6) is 0 Å². The fourth-order valence-corrected chi connectivity index (χ4v) is 2.85. The number of carbonyl (C=O) groups is 1. The summed E-state index contributed by atoms with van der Waals surface area (Å²) >= 11 is 0. The molecule has 0 radical (unpaired) electrons. The maximum atomic E-state index is 11.8. The third-order valence-corrected chi connectivity index (χ3v) is 3.73. The number of nitrogens with zero attached hydrogens (tertiary/aromatic N) is 1. The Morgan fingerprint density at radius 3 is 2.62 bits per heavy atom. The van der Waals surface area contributed by atoms with Gasteiger partial charge in [-0.15, -0.1) is 0 Å². The summed E-state index contributed by atoms with van der Waals surface area (Å²) in [5.41, 5.74) is 6.02. The van der Waals surface area contributed by atoms with Gasteiger partial charge in [-0.3, -0.25) is 0 Å². The van der Waals surface area contributed by atoms with Crippen LogP contribution in [0.15, 0.2) is 0 Å². The number of amides is 2. The molecule has 2 fully saturated rings. The molecule has 0 atom stereocenters. The first-order valence-corrected chi connectivity index (χ1v) is 6.47. The fourth-order valence-electron chi connectivity index (χ4n) is 2.85. The molecule has 1 heterocycles. The topological polar surface area (TPSA) is 58.4 Å². The third kappa shape index (κ3) is 2.48. The van der Waals surface area contributed by atoms with Gasteiger partial charge < -0.3 is 16.0 Å². The third-order valence-electron chi connectivity index (χ3n) is 3.73. The highest BCUT2D eigenvalue weighted by Gasteiger charge is 2.41. The average Bonchev–Trinajstić information content (AvgIpc) is 2.66. The van der Waals surface area contributed by atoms with Crippen molar-refractivity contribution in [1.29, 1.82) is 0 Å². The van der Waals surface area contributed by atoms with E-state index in [4.69, 9.17) is 5.73 Å². The number of urea groups is 1. The second kappa shape index (κ2) is 4.62. The number of likely N-dealkylation sites (tertiary alicyclic amines) is 1. The Hall–Kier alpha value is -0.770. The number of nitrogens with one attached hydrogen (secondary N) is 1. The van der Waals surface area contributed by atoms with Gasteiger partial charge in [0.2, 0.25) is 0 Å². The van der Waals surface area contributed by atoms with E-state index < -0.39 is 0 Å². The number of nitrogens with two attached hydrogens (primary N) is 1. The minimum absolute atomic E-state index is 0.0871. The second-order valence-corrected chi connectivity index (χ2v) is 5.40. The molecule has 0 aromatic carbocycles. The summed E-state index contributed by atoms with van der Waals surface area (Å²) in [7, 11) is 0. The summed E-state index contributed by atoms with van der Waals surface area (Å²) in [5.74, 6) is 0. The summed E-state index contributed by atoms with van der Waals surface area (Å²) in [4.78, 5) is 13.7. The Bertz CT molecular complexity index is 255. The molecule has 2 amide bonds. The van der Waals surface area contributed by atoms with E-state index in [1.54, 1.807) is 0 Å². The first-order chi connectivity index (χ1) is 7.63. The minimum atomic E-state index is -0.109. The Kier molecular flexibility index (Phi) is 3.38. The molecule has 0 aromatic heterocycles. The van der Waals surface area contributed by atoms with Gasteiger partial charge in [-0.05, 0) is 19.3 Å². The SMILES string of the molecule is CCCC1(N)CN(C(=O)NC2CCCC2)C1. The Morgan fingerprint density at radius 2 is 2.06 bits per heavy atom. The van der Waals surface area contributed by atoms with Crippen LogP contribution in [0.3, 0.4) is 0 Å². The highest BCUT2D eigenvalue weighted by Crippen LogP contribution is 2.24. The van der Waals surface area contributed by atoms with E-state index in [-0.39, 0.29) is 11.6 Å². The zero-order valence-corrected chi connectivity index (χ0v) is 10.2. The van der Waals surface area contributed by atoms with Crippen molar-refractivity contribution in [3.63, 3.8) is 0 Å². The first-order valence-electron chi connectivity index (χ1n) is 6.47. The highest BCUT2D eigenvalue weighted by molar-refractivity contribution is 5.76. The van der Waals surface area contributed by atoms with Crippen LogP contribution < -0.4 is 11.1 Å². The smallest absolute Gasteiger partial charge is 0.317 e. The molecule has 4 nitrogen and oxygen atoms in total. The number of hydrogen-bond acceptors (Lipinski definition) is 2. The van der Waals surface area contributed by atoms with Crippen molar-refractivity contribution in [2.75, 3.05) is 13.1 Å². The lowest BCUT2D eigenvalue weighted by Gasteiger charge is -2.47. The maximum absolute atomic E-state index is 11.8. The van der Waals surface area contributed by atoms with Crippen molar-refractivity contribution in [1.82, 2.24) is 10.2 Å². The summed E-state index contributed by atoms with van der Waals surface area (Å²) < 4.78 is 0. The van der Waals surface area contributed by atoms with Gasteiger partial charge in [0.15, 0.2) is 0 Å². The molecular formula is C12H23N3O. The number of hydrogen-bond donors (Lipinski definition) is 2. The molecule has 92 valence electrons. The monoisotopic (exact) mass is 225 g/mol. The molecule has 1 saturated heterocycles. The maximum Gasteiger partial charge on any atom is 0.317 e. The number of rotatable bonds is 3. The highest BCUT2D eigenvalue weighted by atomic mass is 16.2. The largest absolute Gasteiger partial charge is 0.335 e. The van der Waals surface area contributed by atoms with Crippen LogP contribution in [0, 0.1) is 0 Å². The molecule has 2 rings (SSSR count). The van der Waals surface area contributed by atoms with E-state index in [1.165, 1.54) is 12.8 Å². The lowest BCUT2D eigenvalue weighted by molar-refractivity contribution is 0.0881.